The number of hydrogen-bond donors (Lipinski definition) is 1. The Hall–Kier alpha value is -1.36. The Morgan fingerprint density at radius 1 is 1.33 bits per heavy atom. The largest absolute Gasteiger partial charge is 0.463 e. The topological polar surface area (TPSA) is 64.6 Å². The van der Waals surface area contributed by atoms with E-state index >= 15 is 0 Å². The third-order valence-corrected chi connectivity index (χ3v) is 3.49. The minimum atomic E-state index is -0.277. The fourth-order valence-corrected chi connectivity index (χ4v) is 2.43. The van der Waals surface area contributed by atoms with Crippen molar-refractivity contribution in [2.24, 2.45) is 0 Å². The lowest BCUT2D eigenvalue weighted by molar-refractivity contribution is -0.139. The summed E-state index contributed by atoms with van der Waals surface area (Å²) >= 11 is 0. The van der Waals surface area contributed by atoms with Gasteiger partial charge in [0.15, 0.2) is 0 Å². The monoisotopic (exact) mass is 297 g/mol. The van der Waals surface area contributed by atoms with Gasteiger partial charge >= 0.3 is 5.97 Å². The molecule has 0 aromatic heterocycles. The van der Waals surface area contributed by atoms with Gasteiger partial charge in [-0.05, 0) is 19.8 Å². The van der Waals surface area contributed by atoms with Crippen LogP contribution in [0.1, 0.15) is 52.9 Å². The SMILES string of the molecule is CCCCCOC1CC(C(=O)OCC)=CCC1NC(C)=O. The molecular weight excluding hydrogens is 270 g/mol. The lowest BCUT2D eigenvalue weighted by Gasteiger charge is -2.31. The summed E-state index contributed by atoms with van der Waals surface area (Å²) in [6.45, 7) is 6.46. The van der Waals surface area contributed by atoms with Gasteiger partial charge in [0.05, 0.1) is 18.8 Å². The molecule has 0 aromatic rings. The average Bonchev–Trinajstić information content (AvgIpc) is 2.44. The standard InChI is InChI=1S/C16H27NO4/c1-4-6-7-10-21-15-11-13(16(19)20-5-2)8-9-14(15)17-12(3)18/h8,14-15H,4-7,9-11H2,1-3H3,(H,17,18). The maximum atomic E-state index is 11.8. The Morgan fingerprint density at radius 3 is 2.71 bits per heavy atom. The number of hydrogen-bond acceptors (Lipinski definition) is 4. The number of nitrogens with one attached hydrogen (secondary N) is 1. The number of amides is 1. The summed E-state index contributed by atoms with van der Waals surface area (Å²) in [5.74, 6) is -0.351. The first-order chi connectivity index (χ1) is 10.1. The first-order valence-electron chi connectivity index (χ1n) is 7.83. The van der Waals surface area contributed by atoms with Crippen LogP contribution in [0.3, 0.4) is 0 Å². The lowest BCUT2D eigenvalue weighted by Crippen LogP contribution is -2.46. The van der Waals surface area contributed by atoms with Crippen molar-refractivity contribution in [3.63, 3.8) is 0 Å². The van der Waals surface area contributed by atoms with Crippen molar-refractivity contribution in [3.8, 4) is 0 Å². The van der Waals surface area contributed by atoms with E-state index in [-0.39, 0.29) is 24.0 Å². The van der Waals surface area contributed by atoms with E-state index in [1.54, 1.807) is 6.92 Å². The van der Waals surface area contributed by atoms with Crippen LogP contribution in [0.5, 0.6) is 0 Å². The van der Waals surface area contributed by atoms with E-state index in [2.05, 4.69) is 12.2 Å². The molecule has 0 spiro atoms. The number of rotatable bonds is 8. The van der Waals surface area contributed by atoms with Crippen molar-refractivity contribution in [2.75, 3.05) is 13.2 Å². The smallest absolute Gasteiger partial charge is 0.333 e. The molecule has 5 heteroatoms. The molecule has 0 bridgehead atoms. The molecule has 0 saturated heterocycles. The molecule has 0 aliphatic heterocycles. The van der Waals surface area contributed by atoms with E-state index in [1.807, 2.05) is 6.08 Å². The normalized spacial score (nSPS) is 21.6. The number of carbonyl (C=O) groups excluding carboxylic acids is 2. The molecule has 0 saturated carbocycles. The summed E-state index contributed by atoms with van der Waals surface area (Å²) in [5.41, 5.74) is 0.652. The van der Waals surface area contributed by atoms with Gasteiger partial charge < -0.3 is 14.8 Å². The molecule has 2 unspecified atom stereocenters. The third-order valence-electron chi connectivity index (χ3n) is 3.49. The zero-order chi connectivity index (χ0) is 15.7. The van der Waals surface area contributed by atoms with Gasteiger partial charge in [0.1, 0.15) is 0 Å². The summed E-state index contributed by atoms with van der Waals surface area (Å²) in [7, 11) is 0. The fraction of sp³-hybridized carbons (Fsp3) is 0.750. The first kappa shape index (κ1) is 17.7. The summed E-state index contributed by atoms with van der Waals surface area (Å²) in [4.78, 5) is 23.1. The molecule has 0 fully saturated rings. The highest BCUT2D eigenvalue weighted by Gasteiger charge is 2.30. The van der Waals surface area contributed by atoms with Crippen LogP contribution in [0, 0.1) is 0 Å². The van der Waals surface area contributed by atoms with Crippen LogP contribution >= 0.6 is 0 Å². The summed E-state index contributed by atoms with van der Waals surface area (Å²) < 4.78 is 10.9. The van der Waals surface area contributed by atoms with Gasteiger partial charge in [-0.1, -0.05) is 25.8 Å². The van der Waals surface area contributed by atoms with E-state index in [1.165, 1.54) is 6.92 Å². The highest BCUT2D eigenvalue weighted by molar-refractivity contribution is 5.88. The van der Waals surface area contributed by atoms with Crippen molar-refractivity contribution >= 4 is 11.9 Å². The predicted molar refractivity (Wildman–Crippen MR) is 80.8 cm³/mol. The fourth-order valence-electron chi connectivity index (χ4n) is 2.43. The number of esters is 1. The molecule has 0 heterocycles. The van der Waals surface area contributed by atoms with Crippen molar-refractivity contribution in [3.05, 3.63) is 11.6 Å². The van der Waals surface area contributed by atoms with Gasteiger partial charge in [-0.2, -0.15) is 0 Å². The Balaban J connectivity index is 2.61. The van der Waals surface area contributed by atoms with Crippen LogP contribution in [0.2, 0.25) is 0 Å². The molecule has 2 atom stereocenters. The van der Waals surface area contributed by atoms with Crippen molar-refractivity contribution in [1.29, 1.82) is 0 Å². The van der Waals surface area contributed by atoms with Crippen LogP contribution in [0.4, 0.5) is 0 Å². The summed E-state index contributed by atoms with van der Waals surface area (Å²) in [6.07, 6.45) is 6.05. The van der Waals surface area contributed by atoms with Crippen LogP contribution < -0.4 is 5.32 Å². The first-order valence-corrected chi connectivity index (χ1v) is 7.83. The molecule has 1 aliphatic carbocycles. The molecule has 1 rings (SSSR count). The van der Waals surface area contributed by atoms with Crippen LogP contribution in [0.25, 0.3) is 0 Å². The molecule has 1 aliphatic rings. The maximum absolute atomic E-state index is 11.8. The Morgan fingerprint density at radius 2 is 2.10 bits per heavy atom. The van der Waals surface area contributed by atoms with E-state index < -0.39 is 0 Å². The molecule has 1 N–H and O–H groups in total. The van der Waals surface area contributed by atoms with E-state index in [0.29, 0.717) is 31.6 Å². The van der Waals surface area contributed by atoms with Crippen LogP contribution in [-0.2, 0) is 19.1 Å². The van der Waals surface area contributed by atoms with Crippen LogP contribution in [-0.4, -0.2) is 37.2 Å². The average molecular weight is 297 g/mol. The Labute approximate surface area is 127 Å². The number of carbonyl (C=O) groups is 2. The quantitative estimate of drug-likeness (QED) is 0.552. The van der Waals surface area contributed by atoms with Crippen molar-refractivity contribution < 1.29 is 19.1 Å². The highest BCUT2D eigenvalue weighted by atomic mass is 16.5. The Kier molecular flexibility index (Phi) is 8.05. The number of unbranched alkanes of at least 4 members (excludes halogenated alkanes) is 2. The molecular formula is C16H27NO4. The summed E-state index contributed by atoms with van der Waals surface area (Å²) in [5, 5.41) is 2.90. The number of ether oxygens (including phenoxy) is 2. The van der Waals surface area contributed by atoms with Gasteiger partial charge in [0.25, 0.3) is 0 Å². The van der Waals surface area contributed by atoms with Gasteiger partial charge in [-0.15, -0.1) is 0 Å². The van der Waals surface area contributed by atoms with Gasteiger partial charge in [-0.3, -0.25) is 4.79 Å². The van der Waals surface area contributed by atoms with Crippen molar-refractivity contribution in [2.45, 2.75) is 65.0 Å². The molecule has 5 nitrogen and oxygen atoms in total. The molecule has 1 amide bonds. The second kappa shape index (κ2) is 9.55. The minimum absolute atomic E-state index is 0.0673. The second-order valence-electron chi connectivity index (χ2n) is 5.31. The summed E-state index contributed by atoms with van der Waals surface area (Å²) in [6, 6.07) is -0.0673. The Bertz CT molecular complexity index is 378. The van der Waals surface area contributed by atoms with Gasteiger partial charge in [0, 0.05) is 25.5 Å². The van der Waals surface area contributed by atoms with Gasteiger partial charge in [0.2, 0.25) is 5.91 Å². The highest BCUT2D eigenvalue weighted by Crippen LogP contribution is 2.23. The predicted octanol–water partition coefficient (Wildman–Crippen LogP) is 2.35. The van der Waals surface area contributed by atoms with Gasteiger partial charge in [-0.25, -0.2) is 4.79 Å². The van der Waals surface area contributed by atoms with Crippen LogP contribution in [0.15, 0.2) is 11.6 Å². The van der Waals surface area contributed by atoms with E-state index in [9.17, 15) is 9.59 Å². The van der Waals surface area contributed by atoms with E-state index in [4.69, 9.17) is 9.47 Å². The molecule has 0 radical (unpaired) electrons. The molecule has 21 heavy (non-hydrogen) atoms. The maximum Gasteiger partial charge on any atom is 0.333 e. The second-order valence-corrected chi connectivity index (χ2v) is 5.31. The molecule has 120 valence electrons. The zero-order valence-electron chi connectivity index (χ0n) is 13.3. The third kappa shape index (κ3) is 6.29. The lowest BCUT2D eigenvalue weighted by atomic mass is 9.92. The van der Waals surface area contributed by atoms with E-state index in [0.717, 1.165) is 19.3 Å². The minimum Gasteiger partial charge on any atom is -0.463 e. The molecule has 0 aromatic carbocycles. The zero-order valence-corrected chi connectivity index (χ0v) is 13.3. The van der Waals surface area contributed by atoms with Crippen molar-refractivity contribution in [1.82, 2.24) is 5.32 Å².